The molecular formula is C4H8N2O4. The summed E-state index contributed by atoms with van der Waals surface area (Å²) in [5.74, 6) is -2.38. The predicted molar refractivity (Wildman–Crippen MR) is 30.4 cm³/mol. The molecule has 0 radical (unpaired) electrons. The average molecular weight is 148 g/mol. The van der Waals surface area contributed by atoms with E-state index in [4.69, 9.17) is 10.2 Å². The van der Waals surface area contributed by atoms with Crippen LogP contribution in [0.3, 0.4) is 0 Å². The highest BCUT2D eigenvalue weighted by atomic mass is 16.3. The van der Waals surface area contributed by atoms with Crippen LogP contribution in [-0.2, 0) is 9.59 Å². The number of carbonyl (C=O) groups excluding carboxylic acids is 2. The minimum atomic E-state index is -1.92. The fourth-order valence-corrected chi connectivity index (χ4v) is 0.311. The van der Waals surface area contributed by atoms with E-state index in [1.165, 1.54) is 0 Å². The molecule has 0 aromatic carbocycles. The molecule has 58 valence electrons. The van der Waals surface area contributed by atoms with E-state index in [1.807, 2.05) is 0 Å². The molecule has 0 aliphatic heterocycles. The summed E-state index contributed by atoms with van der Waals surface area (Å²) in [5, 5.41) is 17.1. The van der Waals surface area contributed by atoms with E-state index in [2.05, 4.69) is 11.5 Å². The Hall–Kier alpha value is -1.14. The van der Waals surface area contributed by atoms with Crippen molar-refractivity contribution >= 4 is 11.8 Å². The van der Waals surface area contributed by atoms with Crippen LogP contribution in [-0.4, -0.2) is 34.2 Å². The molecule has 0 rings (SSSR count). The highest BCUT2D eigenvalue weighted by molar-refractivity contribution is 5.88. The third kappa shape index (κ3) is 2.00. The first-order valence-electron chi connectivity index (χ1n) is 2.41. The van der Waals surface area contributed by atoms with Crippen molar-refractivity contribution in [3.63, 3.8) is 0 Å². The number of aliphatic hydroxyl groups is 2. The number of nitrogens with two attached hydrogens (primary N) is 2. The van der Waals surface area contributed by atoms with E-state index < -0.39 is 24.0 Å². The Bertz CT molecular complexity index is 139. The summed E-state index contributed by atoms with van der Waals surface area (Å²) in [5.41, 5.74) is 9.04. The molecule has 0 bridgehead atoms. The molecule has 10 heavy (non-hydrogen) atoms. The van der Waals surface area contributed by atoms with E-state index in [9.17, 15) is 9.59 Å². The molecule has 6 heteroatoms. The molecule has 0 spiro atoms. The lowest BCUT2D eigenvalue weighted by molar-refractivity contribution is -0.142. The fourth-order valence-electron chi connectivity index (χ4n) is 0.311. The molecular weight excluding hydrogens is 140 g/mol. The Morgan fingerprint density at radius 2 is 1.20 bits per heavy atom. The smallest absolute Gasteiger partial charge is 0.249 e. The maximum atomic E-state index is 10.0. The maximum Gasteiger partial charge on any atom is 0.249 e. The van der Waals surface area contributed by atoms with Crippen molar-refractivity contribution in [2.24, 2.45) is 11.5 Å². The van der Waals surface area contributed by atoms with Gasteiger partial charge in [0.15, 0.2) is 12.2 Å². The molecule has 0 aromatic rings. The standard InChI is InChI=1S/C4H8N2O4/c5-3(9)1(7)2(8)4(6)10/h1-2,7-8H,(H2,5,9)(H2,6,10)/t1-,2+. The quantitative estimate of drug-likeness (QED) is 0.334. The van der Waals surface area contributed by atoms with Gasteiger partial charge in [0.2, 0.25) is 11.8 Å². The maximum absolute atomic E-state index is 10.0. The summed E-state index contributed by atoms with van der Waals surface area (Å²) in [4.78, 5) is 20.1. The summed E-state index contributed by atoms with van der Waals surface area (Å²) in [7, 11) is 0. The van der Waals surface area contributed by atoms with E-state index in [0.717, 1.165) is 0 Å². The monoisotopic (exact) mass is 148 g/mol. The molecule has 0 aliphatic carbocycles. The molecule has 0 aromatic heterocycles. The van der Waals surface area contributed by atoms with Crippen LogP contribution < -0.4 is 11.5 Å². The Kier molecular flexibility index (Phi) is 2.78. The largest absolute Gasteiger partial charge is 0.380 e. The van der Waals surface area contributed by atoms with Crippen LogP contribution in [0.4, 0.5) is 0 Å². The molecule has 0 saturated heterocycles. The zero-order valence-electron chi connectivity index (χ0n) is 5.02. The number of carbonyl (C=O) groups is 2. The molecule has 6 nitrogen and oxygen atoms in total. The normalized spacial score (nSPS) is 15.8. The Morgan fingerprint density at radius 3 is 1.30 bits per heavy atom. The number of primary amides is 2. The van der Waals surface area contributed by atoms with Gasteiger partial charge in [-0.1, -0.05) is 0 Å². The Morgan fingerprint density at radius 1 is 1.00 bits per heavy atom. The van der Waals surface area contributed by atoms with Gasteiger partial charge in [0, 0.05) is 0 Å². The minimum absolute atomic E-state index is 1.19. The zero-order valence-corrected chi connectivity index (χ0v) is 5.02. The van der Waals surface area contributed by atoms with E-state index >= 15 is 0 Å². The van der Waals surface area contributed by atoms with Gasteiger partial charge < -0.3 is 21.7 Å². The van der Waals surface area contributed by atoms with Gasteiger partial charge in [-0.25, -0.2) is 0 Å². The first-order chi connectivity index (χ1) is 4.46. The zero-order chi connectivity index (χ0) is 8.31. The van der Waals surface area contributed by atoms with Gasteiger partial charge >= 0.3 is 0 Å². The first-order valence-corrected chi connectivity index (χ1v) is 2.41. The van der Waals surface area contributed by atoms with Crippen LogP contribution >= 0.6 is 0 Å². The van der Waals surface area contributed by atoms with Crippen molar-refractivity contribution in [2.75, 3.05) is 0 Å². The van der Waals surface area contributed by atoms with Crippen LogP contribution in [0.1, 0.15) is 0 Å². The molecule has 0 aliphatic rings. The highest BCUT2D eigenvalue weighted by Gasteiger charge is 2.25. The lowest BCUT2D eigenvalue weighted by atomic mass is 10.2. The number of amides is 2. The van der Waals surface area contributed by atoms with Crippen LogP contribution in [0.25, 0.3) is 0 Å². The Labute approximate surface area is 56.4 Å². The molecule has 0 unspecified atom stereocenters. The number of hydrogen-bond donors (Lipinski definition) is 4. The summed E-state index contributed by atoms with van der Waals surface area (Å²) in [6.45, 7) is 0. The molecule has 6 N–H and O–H groups in total. The van der Waals surface area contributed by atoms with Crippen molar-refractivity contribution in [2.45, 2.75) is 12.2 Å². The molecule has 0 fully saturated rings. The average Bonchev–Trinajstić information content (AvgIpc) is 1.84. The van der Waals surface area contributed by atoms with Gasteiger partial charge in [-0.3, -0.25) is 9.59 Å². The number of aliphatic hydroxyl groups excluding tert-OH is 2. The van der Waals surface area contributed by atoms with Gasteiger partial charge in [-0.15, -0.1) is 0 Å². The second-order valence-electron chi connectivity index (χ2n) is 1.69. The van der Waals surface area contributed by atoms with E-state index in [0.29, 0.717) is 0 Å². The van der Waals surface area contributed by atoms with Gasteiger partial charge in [0.25, 0.3) is 0 Å². The Balaban J connectivity index is 4.07. The number of hydrogen-bond acceptors (Lipinski definition) is 4. The second-order valence-corrected chi connectivity index (χ2v) is 1.69. The highest BCUT2D eigenvalue weighted by Crippen LogP contribution is 1.89. The topological polar surface area (TPSA) is 127 Å². The summed E-state index contributed by atoms with van der Waals surface area (Å²) in [6.07, 6.45) is -3.84. The third-order valence-electron chi connectivity index (χ3n) is 0.882. The minimum Gasteiger partial charge on any atom is -0.380 e. The van der Waals surface area contributed by atoms with Crippen LogP contribution in [0.2, 0.25) is 0 Å². The molecule has 2 amide bonds. The van der Waals surface area contributed by atoms with Crippen LogP contribution in [0, 0.1) is 0 Å². The van der Waals surface area contributed by atoms with Gasteiger partial charge in [0.05, 0.1) is 0 Å². The van der Waals surface area contributed by atoms with Crippen molar-refractivity contribution < 1.29 is 19.8 Å². The van der Waals surface area contributed by atoms with Crippen molar-refractivity contribution in [1.82, 2.24) is 0 Å². The van der Waals surface area contributed by atoms with Gasteiger partial charge in [0.1, 0.15) is 0 Å². The van der Waals surface area contributed by atoms with Gasteiger partial charge in [-0.2, -0.15) is 0 Å². The predicted octanol–water partition coefficient (Wildman–Crippen LogP) is -3.32. The second kappa shape index (κ2) is 3.14. The molecule has 0 heterocycles. The first kappa shape index (κ1) is 8.86. The fraction of sp³-hybridized carbons (Fsp3) is 0.500. The lowest BCUT2D eigenvalue weighted by Crippen LogP contribution is -2.46. The van der Waals surface area contributed by atoms with Crippen LogP contribution in [0.15, 0.2) is 0 Å². The van der Waals surface area contributed by atoms with E-state index in [1.54, 1.807) is 0 Å². The molecule has 0 saturated carbocycles. The summed E-state index contributed by atoms with van der Waals surface area (Å²) < 4.78 is 0. The SMILES string of the molecule is NC(=O)[C@@H](O)[C@@H](O)C(N)=O. The van der Waals surface area contributed by atoms with Crippen molar-refractivity contribution in [1.29, 1.82) is 0 Å². The van der Waals surface area contributed by atoms with Crippen molar-refractivity contribution in [3.8, 4) is 0 Å². The summed E-state index contributed by atoms with van der Waals surface area (Å²) in [6, 6.07) is 0. The molecule has 2 atom stereocenters. The van der Waals surface area contributed by atoms with E-state index in [-0.39, 0.29) is 0 Å². The van der Waals surface area contributed by atoms with Gasteiger partial charge in [-0.05, 0) is 0 Å². The van der Waals surface area contributed by atoms with Crippen LogP contribution in [0.5, 0.6) is 0 Å². The third-order valence-corrected chi connectivity index (χ3v) is 0.882. The summed E-state index contributed by atoms with van der Waals surface area (Å²) >= 11 is 0. The number of rotatable bonds is 3. The van der Waals surface area contributed by atoms with Crippen molar-refractivity contribution in [3.05, 3.63) is 0 Å². The lowest BCUT2D eigenvalue weighted by Gasteiger charge is -2.09.